The Bertz CT molecular complexity index is 375. The molecule has 1 unspecified atom stereocenters. The highest BCUT2D eigenvalue weighted by atomic mass is 16.1. The molecule has 1 atom stereocenters. The molecule has 4 nitrogen and oxygen atoms in total. The number of carbonyl (C=O) groups is 1. The van der Waals surface area contributed by atoms with Gasteiger partial charge >= 0.3 is 0 Å². The zero-order valence-electron chi connectivity index (χ0n) is 11.2. The van der Waals surface area contributed by atoms with Crippen LogP contribution >= 0.6 is 0 Å². The van der Waals surface area contributed by atoms with Gasteiger partial charge in [0.05, 0.1) is 0 Å². The summed E-state index contributed by atoms with van der Waals surface area (Å²) in [6.07, 6.45) is 1.69. The zero-order valence-corrected chi connectivity index (χ0v) is 11.2. The van der Waals surface area contributed by atoms with Gasteiger partial charge in [0.2, 0.25) is 5.91 Å². The van der Waals surface area contributed by atoms with Gasteiger partial charge in [-0.15, -0.1) is 0 Å². The first-order valence-electron chi connectivity index (χ1n) is 6.49. The summed E-state index contributed by atoms with van der Waals surface area (Å²) in [6, 6.07) is 7.75. The van der Waals surface area contributed by atoms with Crippen LogP contribution in [0.1, 0.15) is 32.3 Å². The van der Waals surface area contributed by atoms with Crippen LogP contribution in [0.3, 0.4) is 0 Å². The summed E-state index contributed by atoms with van der Waals surface area (Å²) in [5.41, 5.74) is 13.2. The SMILES string of the molecule is CCCN(c1ccc(CN)cc1)C(CC)C(N)=O. The molecule has 1 aromatic rings. The Morgan fingerprint density at radius 1 is 1.28 bits per heavy atom. The van der Waals surface area contributed by atoms with Gasteiger partial charge in [0.25, 0.3) is 0 Å². The predicted octanol–water partition coefficient (Wildman–Crippen LogP) is 1.63. The summed E-state index contributed by atoms with van der Waals surface area (Å²) in [5, 5.41) is 0. The molecule has 0 radical (unpaired) electrons. The minimum atomic E-state index is -0.270. The van der Waals surface area contributed by atoms with Crippen molar-refractivity contribution < 1.29 is 4.79 Å². The molecule has 1 rings (SSSR count). The van der Waals surface area contributed by atoms with E-state index < -0.39 is 0 Å². The Morgan fingerprint density at radius 3 is 2.28 bits per heavy atom. The summed E-state index contributed by atoms with van der Waals surface area (Å²) in [4.78, 5) is 13.6. The molecular weight excluding hydrogens is 226 g/mol. The van der Waals surface area contributed by atoms with Gasteiger partial charge < -0.3 is 16.4 Å². The number of hydrogen-bond acceptors (Lipinski definition) is 3. The number of nitrogens with zero attached hydrogens (tertiary/aromatic N) is 1. The van der Waals surface area contributed by atoms with E-state index in [0.29, 0.717) is 13.0 Å². The summed E-state index contributed by atoms with van der Waals surface area (Å²) in [5.74, 6) is -0.270. The average molecular weight is 249 g/mol. The van der Waals surface area contributed by atoms with Crippen LogP contribution in [0.2, 0.25) is 0 Å². The van der Waals surface area contributed by atoms with Gasteiger partial charge in [-0.3, -0.25) is 4.79 Å². The predicted molar refractivity (Wildman–Crippen MR) is 75.2 cm³/mol. The maximum Gasteiger partial charge on any atom is 0.240 e. The van der Waals surface area contributed by atoms with Crippen molar-refractivity contribution in [3.63, 3.8) is 0 Å². The van der Waals surface area contributed by atoms with Crippen LogP contribution in [-0.2, 0) is 11.3 Å². The quantitative estimate of drug-likeness (QED) is 0.771. The molecule has 0 bridgehead atoms. The Balaban J connectivity index is 2.98. The first-order valence-corrected chi connectivity index (χ1v) is 6.49. The van der Waals surface area contributed by atoms with Gasteiger partial charge in [0.1, 0.15) is 6.04 Å². The Labute approximate surface area is 109 Å². The van der Waals surface area contributed by atoms with E-state index in [1.54, 1.807) is 0 Å². The second kappa shape index (κ2) is 7.01. The fourth-order valence-corrected chi connectivity index (χ4v) is 2.10. The molecule has 4 heteroatoms. The summed E-state index contributed by atoms with van der Waals surface area (Å²) < 4.78 is 0. The first-order chi connectivity index (χ1) is 8.63. The summed E-state index contributed by atoms with van der Waals surface area (Å²) >= 11 is 0. The van der Waals surface area contributed by atoms with Crippen molar-refractivity contribution in [3.8, 4) is 0 Å². The lowest BCUT2D eigenvalue weighted by atomic mass is 10.1. The molecule has 0 aromatic heterocycles. The molecule has 0 saturated heterocycles. The maximum absolute atomic E-state index is 11.5. The zero-order chi connectivity index (χ0) is 13.5. The minimum Gasteiger partial charge on any atom is -0.368 e. The van der Waals surface area contributed by atoms with Crippen molar-refractivity contribution in [2.45, 2.75) is 39.3 Å². The molecule has 1 aromatic carbocycles. The third-order valence-electron chi connectivity index (χ3n) is 3.06. The molecule has 0 spiro atoms. The van der Waals surface area contributed by atoms with E-state index in [1.807, 2.05) is 31.2 Å². The Kier molecular flexibility index (Phi) is 5.65. The van der Waals surface area contributed by atoms with Gasteiger partial charge in [-0.2, -0.15) is 0 Å². The van der Waals surface area contributed by atoms with Crippen molar-refractivity contribution in [2.24, 2.45) is 11.5 Å². The molecule has 100 valence electrons. The normalized spacial score (nSPS) is 12.2. The number of primary amides is 1. The van der Waals surface area contributed by atoms with Crippen LogP contribution in [-0.4, -0.2) is 18.5 Å². The third kappa shape index (κ3) is 3.47. The van der Waals surface area contributed by atoms with Gasteiger partial charge in [-0.25, -0.2) is 0 Å². The monoisotopic (exact) mass is 249 g/mol. The van der Waals surface area contributed by atoms with Crippen LogP contribution in [0.25, 0.3) is 0 Å². The smallest absolute Gasteiger partial charge is 0.240 e. The second-order valence-corrected chi connectivity index (χ2v) is 4.39. The van der Waals surface area contributed by atoms with Crippen molar-refractivity contribution in [3.05, 3.63) is 29.8 Å². The van der Waals surface area contributed by atoms with Crippen LogP contribution < -0.4 is 16.4 Å². The highest BCUT2D eigenvalue weighted by Gasteiger charge is 2.21. The van der Waals surface area contributed by atoms with Crippen LogP contribution in [0.4, 0.5) is 5.69 Å². The van der Waals surface area contributed by atoms with E-state index >= 15 is 0 Å². The average Bonchev–Trinajstić information content (AvgIpc) is 2.38. The van der Waals surface area contributed by atoms with Gasteiger partial charge in [0.15, 0.2) is 0 Å². The summed E-state index contributed by atoms with van der Waals surface area (Å²) in [6.45, 7) is 5.42. The highest BCUT2D eigenvalue weighted by Crippen LogP contribution is 2.19. The highest BCUT2D eigenvalue weighted by molar-refractivity contribution is 5.83. The topological polar surface area (TPSA) is 72.3 Å². The number of anilines is 1. The molecule has 0 aliphatic carbocycles. The van der Waals surface area contributed by atoms with Gasteiger partial charge in [0, 0.05) is 18.8 Å². The van der Waals surface area contributed by atoms with Gasteiger partial charge in [-0.1, -0.05) is 26.0 Å². The lowest BCUT2D eigenvalue weighted by Crippen LogP contribution is -2.45. The number of benzene rings is 1. The van der Waals surface area contributed by atoms with Crippen LogP contribution in [0.5, 0.6) is 0 Å². The molecule has 18 heavy (non-hydrogen) atoms. The molecule has 0 saturated carbocycles. The van der Waals surface area contributed by atoms with E-state index in [0.717, 1.165) is 24.2 Å². The Hall–Kier alpha value is -1.55. The number of carbonyl (C=O) groups excluding carboxylic acids is 1. The molecule has 0 aliphatic heterocycles. The lowest BCUT2D eigenvalue weighted by Gasteiger charge is -2.31. The number of hydrogen-bond donors (Lipinski definition) is 2. The minimum absolute atomic E-state index is 0.242. The first kappa shape index (κ1) is 14.5. The second-order valence-electron chi connectivity index (χ2n) is 4.39. The Morgan fingerprint density at radius 2 is 1.89 bits per heavy atom. The molecular formula is C14H23N3O. The lowest BCUT2D eigenvalue weighted by molar-refractivity contribution is -0.119. The molecule has 1 amide bonds. The van der Waals surface area contributed by atoms with E-state index in [9.17, 15) is 4.79 Å². The van der Waals surface area contributed by atoms with Crippen molar-refractivity contribution in [1.82, 2.24) is 0 Å². The fraction of sp³-hybridized carbons (Fsp3) is 0.500. The third-order valence-corrected chi connectivity index (χ3v) is 3.06. The van der Waals surface area contributed by atoms with Crippen molar-refractivity contribution in [2.75, 3.05) is 11.4 Å². The van der Waals surface area contributed by atoms with Gasteiger partial charge in [-0.05, 0) is 30.5 Å². The number of rotatable bonds is 7. The maximum atomic E-state index is 11.5. The molecule has 0 fully saturated rings. The molecule has 0 heterocycles. The van der Waals surface area contributed by atoms with Crippen molar-refractivity contribution >= 4 is 11.6 Å². The number of nitrogens with two attached hydrogens (primary N) is 2. The standard InChI is InChI=1S/C14H23N3O/c1-3-9-17(13(4-2)14(16)18)12-7-5-11(10-15)6-8-12/h5-8,13H,3-4,9-10,15H2,1-2H3,(H2,16,18). The number of amides is 1. The van der Waals surface area contributed by atoms with Crippen molar-refractivity contribution in [1.29, 1.82) is 0 Å². The van der Waals surface area contributed by atoms with E-state index in [2.05, 4.69) is 11.8 Å². The molecule has 4 N–H and O–H groups in total. The van der Waals surface area contributed by atoms with Crippen LogP contribution in [0, 0.1) is 0 Å². The van der Waals surface area contributed by atoms with E-state index in [4.69, 9.17) is 11.5 Å². The van der Waals surface area contributed by atoms with E-state index in [-0.39, 0.29) is 11.9 Å². The summed E-state index contributed by atoms with van der Waals surface area (Å²) in [7, 11) is 0. The van der Waals surface area contributed by atoms with E-state index in [1.165, 1.54) is 0 Å². The largest absolute Gasteiger partial charge is 0.368 e. The van der Waals surface area contributed by atoms with Crippen LogP contribution in [0.15, 0.2) is 24.3 Å². The molecule has 0 aliphatic rings. The fourth-order valence-electron chi connectivity index (χ4n) is 2.10.